The molecule has 0 amide bonds. The van der Waals surface area contributed by atoms with Crippen molar-refractivity contribution in [1.29, 1.82) is 0 Å². The summed E-state index contributed by atoms with van der Waals surface area (Å²) < 4.78 is 25.5. The molecule has 0 atom stereocenters. The lowest BCUT2D eigenvalue weighted by Gasteiger charge is -2.33. The lowest BCUT2D eigenvalue weighted by atomic mass is 10.1. The van der Waals surface area contributed by atoms with E-state index in [1.807, 2.05) is 42.2 Å². The van der Waals surface area contributed by atoms with Crippen LogP contribution in [0.15, 0.2) is 30.3 Å². The van der Waals surface area contributed by atoms with E-state index in [-0.39, 0.29) is 11.5 Å². The van der Waals surface area contributed by atoms with Crippen LogP contribution in [-0.2, 0) is 10.0 Å². The Morgan fingerprint density at radius 1 is 1.10 bits per heavy atom. The number of hydrogen-bond acceptors (Lipinski definition) is 4. The molecule has 2 rings (SSSR count). The Balaban J connectivity index is 1.86. The zero-order valence-corrected chi connectivity index (χ0v) is 13.2. The minimum Gasteiger partial charge on any atom is -0.293 e. The first-order chi connectivity index (χ1) is 10.0. The highest BCUT2D eigenvalue weighted by Crippen LogP contribution is 2.10. The van der Waals surface area contributed by atoms with Crippen LogP contribution in [0.1, 0.15) is 23.7 Å². The van der Waals surface area contributed by atoms with Crippen molar-refractivity contribution in [2.75, 3.05) is 38.5 Å². The molecule has 21 heavy (non-hydrogen) atoms. The highest BCUT2D eigenvalue weighted by atomic mass is 32.2. The van der Waals surface area contributed by atoms with Crippen LogP contribution in [-0.4, -0.2) is 61.9 Å². The molecule has 0 radical (unpaired) electrons. The fourth-order valence-corrected chi connectivity index (χ4v) is 3.97. The lowest BCUT2D eigenvalue weighted by Crippen LogP contribution is -2.50. The number of benzene rings is 1. The van der Waals surface area contributed by atoms with Crippen LogP contribution in [0.25, 0.3) is 0 Å². The van der Waals surface area contributed by atoms with Crippen LogP contribution in [0.3, 0.4) is 0 Å². The van der Waals surface area contributed by atoms with Crippen LogP contribution in [0.2, 0.25) is 0 Å². The molecule has 1 aliphatic rings. The number of carbonyl (C=O) groups excluding carboxylic acids is 1. The van der Waals surface area contributed by atoms with E-state index in [0.29, 0.717) is 44.7 Å². The Kier molecular flexibility index (Phi) is 5.50. The molecular weight excluding hydrogens is 288 g/mol. The molecule has 1 aromatic rings. The quantitative estimate of drug-likeness (QED) is 0.742. The monoisotopic (exact) mass is 310 g/mol. The molecule has 0 aliphatic carbocycles. The molecule has 0 spiro atoms. The van der Waals surface area contributed by atoms with Gasteiger partial charge in [-0.25, -0.2) is 8.42 Å². The second kappa shape index (κ2) is 7.15. The van der Waals surface area contributed by atoms with Crippen molar-refractivity contribution in [1.82, 2.24) is 9.21 Å². The Morgan fingerprint density at radius 2 is 1.71 bits per heavy atom. The van der Waals surface area contributed by atoms with Gasteiger partial charge in [-0.15, -0.1) is 0 Å². The number of Topliss-reactive ketones (excluding diaryl/α,β-unsaturated/α-hetero) is 1. The van der Waals surface area contributed by atoms with Crippen LogP contribution in [0, 0.1) is 0 Å². The average Bonchev–Trinajstić information content (AvgIpc) is 2.48. The van der Waals surface area contributed by atoms with E-state index in [1.165, 1.54) is 0 Å². The maximum absolute atomic E-state index is 12.1. The average molecular weight is 310 g/mol. The normalized spacial score (nSPS) is 17.8. The lowest BCUT2D eigenvalue weighted by molar-refractivity contribution is 0.0901. The van der Waals surface area contributed by atoms with Gasteiger partial charge in [0.05, 0.1) is 12.3 Å². The van der Waals surface area contributed by atoms with Gasteiger partial charge < -0.3 is 0 Å². The van der Waals surface area contributed by atoms with Gasteiger partial charge in [0.15, 0.2) is 5.78 Å². The summed E-state index contributed by atoms with van der Waals surface area (Å²) in [6.45, 7) is 4.40. The highest BCUT2D eigenvalue weighted by Gasteiger charge is 2.26. The molecule has 116 valence electrons. The second-order valence-corrected chi connectivity index (χ2v) is 7.37. The SMILES string of the molecule is CCCS(=O)(=O)N1CCN(CC(=O)c2ccccc2)CC1. The Labute approximate surface area is 126 Å². The van der Waals surface area contributed by atoms with Gasteiger partial charge in [-0.1, -0.05) is 37.3 Å². The van der Waals surface area contributed by atoms with Crippen molar-refractivity contribution in [2.24, 2.45) is 0 Å². The number of carbonyl (C=O) groups is 1. The summed E-state index contributed by atoms with van der Waals surface area (Å²) in [4.78, 5) is 14.1. The largest absolute Gasteiger partial charge is 0.293 e. The van der Waals surface area contributed by atoms with Crippen molar-refractivity contribution >= 4 is 15.8 Å². The molecule has 0 bridgehead atoms. The van der Waals surface area contributed by atoms with Crippen molar-refractivity contribution in [3.63, 3.8) is 0 Å². The third-order valence-electron chi connectivity index (χ3n) is 3.65. The van der Waals surface area contributed by atoms with E-state index in [2.05, 4.69) is 0 Å². The molecule has 1 aromatic carbocycles. The molecule has 0 aromatic heterocycles. The summed E-state index contributed by atoms with van der Waals surface area (Å²) >= 11 is 0. The van der Waals surface area contributed by atoms with Crippen LogP contribution in [0.5, 0.6) is 0 Å². The fraction of sp³-hybridized carbons (Fsp3) is 0.533. The smallest absolute Gasteiger partial charge is 0.214 e. The number of ketones is 1. The predicted molar refractivity (Wildman–Crippen MR) is 82.9 cm³/mol. The van der Waals surface area contributed by atoms with E-state index in [1.54, 1.807) is 4.31 Å². The third-order valence-corrected chi connectivity index (χ3v) is 5.73. The summed E-state index contributed by atoms with van der Waals surface area (Å²) in [5, 5.41) is 0. The topological polar surface area (TPSA) is 57.7 Å². The highest BCUT2D eigenvalue weighted by molar-refractivity contribution is 7.89. The van der Waals surface area contributed by atoms with E-state index in [0.717, 1.165) is 0 Å². The number of nitrogens with zero attached hydrogens (tertiary/aromatic N) is 2. The molecule has 5 nitrogen and oxygen atoms in total. The van der Waals surface area contributed by atoms with Crippen LogP contribution >= 0.6 is 0 Å². The van der Waals surface area contributed by atoms with E-state index < -0.39 is 10.0 Å². The number of hydrogen-bond donors (Lipinski definition) is 0. The van der Waals surface area contributed by atoms with Gasteiger partial charge >= 0.3 is 0 Å². The molecule has 0 saturated carbocycles. The van der Waals surface area contributed by atoms with Crippen molar-refractivity contribution in [2.45, 2.75) is 13.3 Å². The molecule has 6 heteroatoms. The Morgan fingerprint density at radius 3 is 2.29 bits per heavy atom. The molecule has 1 heterocycles. The van der Waals surface area contributed by atoms with Crippen molar-refractivity contribution in [3.05, 3.63) is 35.9 Å². The summed E-state index contributed by atoms with van der Waals surface area (Å²) in [5.41, 5.74) is 0.707. The van der Waals surface area contributed by atoms with Gasteiger partial charge in [0.25, 0.3) is 0 Å². The standard InChI is InChI=1S/C15H22N2O3S/c1-2-12-21(19,20)17-10-8-16(9-11-17)13-15(18)14-6-4-3-5-7-14/h3-7H,2,8-13H2,1H3. The Bertz CT molecular complexity index is 564. The molecule has 0 unspecified atom stereocenters. The molecule has 1 fully saturated rings. The predicted octanol–water partition coefficient (Wildman–Crippen LogP) is 1.23. The first-order valence-corrected chi connectivity index (χ1v) is 8.92. The zero-order valence-electron chi connectivity index (χ0n) is 12.4. The summed E-state index contributed by atoms with van der Waals surface area (Å²) in [6.07, 6.45) is 0.634. The van der Waals surface area contributed by atoms with Crippen molar-refractivity contribution < 1.29 is 13.2 Å². The number of sulfonamides is 1. The summed E-state index contributed by atoms with van der Waals surface area (Å²) in [6, 6.07) is 9.20. The van der Waals surface area contributed by atoms with Crippen LogP contribution in [0.4, 0.5) is 0 Å². The van der Waals surface area contributed by atoms with Gasteiger partial charge in [0, 0.05) is 31.7 Å². The van der Waals surface area contributed by atoms with Gasteiger partial charge in [-0.3, -0.25) is 9.69 Å². The first-order valence-electron chi connectivity index (χ1n) is 7.31. The van der Waals surface area contributed by atoms with Gasteiger partial charge in [0.1, 0.15) is 0 Å². The summed E-state index contributed by atoms with van der Waals surface area (Å²) in [5.74, 6) is 0.288. The first kappa shape index (κ1) is 16.1. The fourth-order valence-electron chi connectivity index (χ4n) is 2.47. The third kappa shape index (κ3) is 4.36. The maximum Gasteiger partial charge on any atom is 0.214 e. The summed E-state index contributed by atoms with van der Waals surface area (Å²) in [7, 11) is -3.12. The van der Waals surface area contributed by atoms with E-state index >= 15 is 0 Å². The van der Waals surface area contributed by atoms with E-state index in [9.17, 15) is 13.2 Å². The maximum atomic E-state index is 12.1. The van der Waals surface area contributed by atoms with Gasteiger partial charge in [-0.2, -0.15) is 4.31 Å². The number of piperazine rings is 1. The number of rotatable bonds is 6. The second-order valence-electron chi connectivity index (χ2n) is 5.28. The molecular formula is C15H22N2O3S. The molecule has 0 N–H and O–H groups in total. The van der Waals surface area contributed by atoms with E-state index in [4.69, 9.17) is 0 Å². The molecule has 1 saturated heterocycles. The van der Waals surface area contributed by atoms with Crippen LogP contribution < -0.4 is 0 Å². The minimum atomic E-state index is -3.12. The van der Waals surface area contributed by atoms with Gasteiger partial charge in [-0.05, 0) is 6.42 Å². The van der Waals surface area contributed by atoms with Crippen molar-refractivity contribution in [3.8, 4) is 0 Å². The molecule has 1 aliphatic heterocycles. The van der Waals surface area contributed by atoms with Gasteiger partial charge in [0.2, 0.25) is 10.0 Å². The Hall–Kier alpha value is -1.24. The zero-order chi connectivity index (χ0) is 15.3. The minimum absolute atomic E-state index is 0.0838.